The number of Topliss-reactive ketones (excluding diaryl/α,β-unsaturated/α-hetero) is 1. The van der Waals surface area contributed by atoms with Crippen LogP contribution in [0.1, 0.15) is 39.2 Å². The number of rotatable bonds is 8. The normalized spacial score (nSPS) is 12.0. The van der Waals surface area contributed by atoms with E-state index < -0.39 is 29.5 Å². The molecule has 0 bridgehead atoms. The summed E-state index contributed by atoms with van der Waals surface area (Å²) >= 11 is 0. The summed E-state index contributed by atoms with van der Waals surface area (Å²) in [6, 6.07) is 8.20. The lowest BCUT2D eigenvalue weighted by Crippen LogP contribution is -2.44. The molecule has 0 aliphatic heterocycles. The van der Waals surface area contributed by atoms with Gasteiger partial charge in [0.15, 0.2) is 5.78 Å². The van der Waals surface area contributed by atoms with Crippen LogP contribution in [0.3, 0.4) is 0 Å². The molecule has 25 heavy (non-hydrogen) atoms. The highest BCUT2D eigenvalue weighted by atomic mass is 16.6. The SMILES string of the molecule is CC(C)(C)OC(=O)N[C@@H](CCC(=O)OCc1ccccc1)C(=O)C=N. The first-order chi connectivity index (χ1) is 11.7. The van der Waals surface area contributed by atoms with Gasteiger partial charge in [0, 0.05) is 6.42 Å². The van der Waals surface area contributed by atoms with Crippen LogP contribution in [0.5, 0.6) is 0 Å². The highest BCUT2D eigenvalue weighted by Gasteiger charge is 2.24. The second kappa shape index (κ2) is 9.56. The molecule has 0 aliphatic rings. The van der Waals surface area contributed by atoms with Crippen molar-refractivity contribution in [2.45, 2.75) is 51.9 Å². The van der Waals surface area contributed by atoms with Crippen LogP contribution in [0.2, 0.25) is 0 Å². The van der Waals surface area contributed by atoms with E-state index in [4.69, 9.17) is 14.9 Å². The molecular formula is C18H24N2O5. The summed E-state index contributed by atoms with van der Waals surface area (Å²) in [6.07, 6.45) is -0.198. The Hall–Kier alpha value is -2.70. The van der Waals surface area contributed by atoms with Crippen molar-refractivity contribution in [3.63, 3.8) is 0 Å². The minimum atomic E-state index is -1.00. The average molecular weight is 348 g/mol. The Morgan fingerprint density at radius 3 is 2.40 bits per heavy atom. The van der Waals surface area contributed by atoms with Gasteiger partial charge in [-0.15, -0.1) is 0 Å². The van der Waals surface area contributed by atoms with Crippen LogP contribution >= 0.6 is 0 Å². The number of amides is 1. The van der Waals surface area contributed by atoms with E-state index in [1.807, 2.05) is 30.3 Å². The van der Waals surface area contributed by atoms with Gasteiger partial charge >= 0.3 is 12.1 Å². The van der Waals surface area contributed by atoms with Crippen LogP contribution in [0.15, 0.2) is 30.3 Å². The molecule has 0 radical (unpaired) electrons. The smallest absolute Gasteiger partial charge is 0.408 e. The highest BCUT2D eigenvalue weighted by molar-refractivity contribution is 6.29. The van der Waals surface area contributed by atoms with E-state index in [2.05, 4.69) is 5.32 Å². The second-order valence-corrected chi connectivity index (χ2v) is 6.43. The molecule has 0 aromatic heterocycles. The molecule has 0 saturated carbocycles. The standard InChI is InChI=1S/C18H24N2O5/c1-18(2,3)25-17(23)20-14(15(21)11-19)9-10-16(22)24-12-13-7-5-4-6-8-13/h4-8,11,14,19H,9-10,12H2,1-3H3,(H,20,23)/t14-/m0/s1. The van der Waals surface area contributed by atoms with Gasteiger partial charge in [-0.2, -0.15) is 0 Å². The average Bonchev–Trinajstić information content (AvgIpc) is 2.55. The topological polar surface area (TPSA) is 106 Å². The van der Waals surface area contributed by atoms with Gasteiger partial charge in [-0.3, -0.25) is 9.59 Å². The van der Waals surface area contributed by atoms with Crippen LogP contribution < -0.4 is 5.32 Å². The zero-order valence-electron chi connectivity index (χ0n) is 14.7. The fraction of sp³-hybridized carbons (Fsp3) is 0.444. The van der Waals surface area contributed by atoms with E-state index in [0.29, 0.717) is 6.21 Å². The number of esters is 1. The van der Waals surface area contributed by atoms with Crippen LogP contribution in [0.25, 0.3) is 0 Å². The third-order valence-electron chi connectivity index (χ3n) is 3.06. The van der Waals surface area contributed by atoms with Crippen molar-refractivity contribution in [2.75, 3.05) is 0 Å². The Balaban J connectivity index is 2.49. The largest absolute Gasteiger partial charge is 0.461 e. The molecule has 1 aromatic rings. The van der Waals surface area contributed by atoms with Crippen molar-refractivity contribution in [1.82, 2.24) is 5.32 Å². The van der Waals surface area contributed by atoms with Crippen molar-refractivity contribution >= 4 is 24.1 Å². The Bertz CT molecular complexity index is 608. The summed E-state index contributed by atoms with van der Waals surface area (Å²) in [5.41, 5.74) is 0.145. The minimum Gasteiger partial charge on any atom is -0.461 e. The van der Waals surface area contributed by atoms with Crippen molar-refractivity contribution in [3.8, 4) is 0 Å². The number of nitrogens with one attached hydrogen (secondary N) is 2. The van der Waals surface area contributed by atoms with Gasteiger partial charge in [-0.25, -0.2) is 4.79 Å². The van der Waals surface area contributed by atoms with Gasteiger partial charge in [0.1, 0.15) is 12.2 Å². The molecular weight excluding hydrogens is 324 g/mol. The van der Waals surface area contributed by atoms with Gasteiger partial charge in [0.05, 0.1) is 12.3 Å². The van der Waals surface area contributed by atoms with Crippen LogP contribution in [-0.2, 0) is 25.7 Å². The van der Waals surface area contributed by atoms with E-state index in [1.165, 1.54) is 0 Å². The number of hydrogen-bond acceptors (Lipinski definition) is 6. The van der Waals surface area contributed by atoms with E-state index >= 15 is 0 Å². The predicted molar refractivity (Wildman–Crippen MR) is 92.4 cm³/mol. The molecule has 2 N–H and O–H groups in total. The fourth-order valence-electron chi connectivity index (χ4n) is 1.91. The molecule has 0 aliphatic carbocycles. The summed E-state index contributed by atoms with van der Waals surface area (Å²) in [4.78, 5) is 35.3. The maximum atomic E-state index is 11.8. The van der Waals surface area contributed by atoms with Crippen molar-refractivity contribution in [3.05, 3.63) is 35.9 Å². The van der Waals surface area contributed by atoms with Gasteiger partial charge in [-0.1, -0.05) is 30.3 Å². The molecule has 0 heterocycles. The summed E-state index contributed by atoms with van der Waals surface area (Å²) in [5.74, 6) is -1.10. The van der Waals surface area contributed by atoms with Crippen molar-refractivity contribution < 1.29 is 23.9 Å². The first-order valence-corrected chi connectivity index (χ1v) is 7.94. The molecule has 7 heteroatoms. The number of ketones is 1. The molecule has 1 amide bonds. The molecule has 1 rings (SSSR count). The van der Waals surface area contributed by atoms with E-state index in [-0.39, 0.29) is 19.4 Å². The summed E-state index contributed by atoms with van der Waals surface area (Å²) in [5, 5.41) is 9.44. The maximum Gasteiger partial charge on any atom is 0.408 e. The van der Waals surface area contributed by atoms with Crippen LogP contribution in [0.4, 0.5) is 4.79 Å². The highest BCUT2D eigenvalue weighted by Crippen LogP contribution is 2.09. The van der Waals surface area contributed by atoms with E-state index in [1.54, 1.807) is 20.8 Å². The molecule has 1 atom stereocenters. The Kier molecular flexibility index (Phi) is 7.78. The summed E-state index contributed by atoms with van der Waals surface area (Å²) < 4.78 is 10.2. The lowest BCUT2D eigenvalue weighted by molar-refractivity contribution is -0.145. The zero-order valence-corrected chi connectivity index (χ0v) is 14.7. The number of hydrogen-bond donors (Lipinski definition) is 2. The third-order valence-corrected chi connectivity index (χ3v) is 3.06. The van der Waals surface area contributed by atoms with Crippen molar-refractivity contribution in [2.24, 2.45) is 0 Å². The van der Waals surface area contributed by atoms with Gasteiger partial charge in [-0.05, 0) is 32.8 Å². The number of carbonyl (C=O) groups is 3. The van der Waals surface area contributed by atoms with E-state index in [9.17, 15) is 14.4 Å². The van der Waals surface area contributed by atoms with Crippen LogP contribution in [-0.4, -0.2) is 35.7 Å². The quantitative estimate of drug-likeness (QED) is 0.555. The van der Waals surface area contributed by atoms with Gasteiger partial charge in [0.2, 0.25) is 0 Å². The Labute approximate surface area is 147 Å². The molecule has 136 valence electrons. The summed E-state index contributed by atoms with van der Waals surface area (Å²) in [7, 11) is 0. The molecule has 0 spiro atoms. The van der Waals surface area contributed by atoms with Crippen molar-refractivity contribution in [1.29, 1.82) is 5.41 Å². The molecule has 0 fully saturated rings. The molecule has 0 saturated heterocycles. The molecule has 1 aromatic carbocycles. The first-order valence-electron chi connectivity index (χ1n) is 7.94. The number of benzene rings is 1. The lowest BCUT2D eigenvalue weighted by Gasteiger charge is -2.22. The minimum absolute atomic E-state index is 0.0288. The molecule has 7 nitrogen and oxygen atoms in total. The van der Waals surface area contributed by atoms with Gasteiger partial charge < -0.3 is 20.2 Å². The Morgan fingerprint density at radius 1 is 1.20 bits per heavy atom. The van der Waals surface area contributed by atoms with Gasteiger partial charge in [0.25, 0.3) is 0 Å². The predicted octanol–water partition coefficient (Wildman–Crippen LogP) is 2.62. The van der Waals surface area contributed by atoms with E-state index in [0.717, 1.165) is 5.56 Å². The number of alkyl carbamates (subject to hydrolysis) is 1. The second-order valence-electron chi connectivity index (χ2n) is 6.43. The first kappa shape index (κ1) is 20.3. The number of ether oxygens (including phenoxy) is 2. The monoisotopic (exact) mass is 348 g/mol. The zero-order chi connectivity index (χ0) is 18.9. The molecule has 0 unspecified atom stereocenters. The Morgan fingerprint density at radius 2 is 1.84 bits per heavy atom. The fourth-order valence-corrected chi connectivity index (χ4v) is 1.91. The third kappa shape index (κ3) is 8.64. The maximum absolute atomic E-state index is 11.8. The van der Waals surface area contributed by atoms with Crippen LogP contribution in [0, 0.1) is 5.41 Å². The number of carbonyl (C=O) groups excluding carboxylic acids is 3. The summed E-state index contributed by atoms with van der Waals surface area (Å²) in [6.45, 7) is 5.23. The lowest BCUT2D eigenvalue weighted by atomic mass is 10.1.